The molecule has 1 fully saturated rings. The van der Waals surface area contributed by atoms with Gasteiger partial charge in [-0.25, -0.2) is 0 Å². The van der Waals surface area contributed by atoms with Gasteiger partial charge < -0.3 is 9.08 Å². The molecule has 1 aliphatic rings. The molecule has 0 aromatic heterocycles. The van der Waals surface area contributed by atoms with Gasteiger partial charge in [0.1, 0.15) is 15.5 Å². The molecule has 0 saturated carbocycles. The maximum Gasteiger partial charge on any atom is 0.339 e. The molecule has 0 aliphatic carbocycles. The minimum atomic E-state index is -4.54. The second-order valence-corrected chi connectivity index (χ2v) is 9.09. The lowest BCUT2D eigenvalue weighted by Gasteiger charge is -2.20. The van der Waals surface area contributed by atoms with Crippen molar-refractivity contribution < 1.29 is 25.6 Å². The quantitative estimate of drug-likeness (QED) is 0.611. The summed E-state index contributed by atoms with van der Waals surface area (Å²) in [6, 6.07) is 9.96. The van der Waals surface area contributed by atoms with Crippen molar-refractivity contribution in [3.63, 3.8) is 0 Å². The molecule has 0 amide bonds. The Hall–Kier alpha value is -2.10. The van der Waals surface area contributed by atoms with Crippen molar-refractivity contribution in [1.29, 1.82) is 0 Å². The first-order valence-electron chi connectivity index (χ1n) is 8.04. The van der Waals surface area contributed by atoms with Crippen LogP contribution in [0.15, 0.2) is 52.3 Å². The third-order valence-corrected chi connectivity index (χ3v) is 6.32. The van der Waals surface area contributed by atoms with Gasteiger partial charge in [0.05, 0.1) is 5.69 Å². The molecule has 26 heavy (non-hydrogen) atoms. The molecule has 2 aromatic carbocycles. The first-order valence-corrected chi connectivity index (χ1v) is 10.9. The number of hydrogen-bond donors (Lipinski definition) is 1. The number of nitrogens with zero attached hydrogens (tertiary/aromatic N) is 1. The Labute approximate surface area is 153 Å². The van der Waals surface area contributed by atoms with Crippen LogP contribution in [-0.2, 0) is 20.2 Å². The van der Waals surface area contributed by atoms with E-state index in [0.29, 0.717) is 18.8 Å². The van der Waals surface area contributed by atoms with E-state index in [1.807, 2.05) is 11.8 Å². The fourth-order valence-electron chi connectivity index (χ4n) is 2.85. The van der Waals surface area contributed by atoms with Gasteiger partial charge in [0.15, 0.2) is 0 Å². The molecule has 140 valence electrons. The molecular formula is C17H19NO6S2. The number of hydrogen-bond acceptors (Lipinski definition) is 6. The summed E-state index contributed by atoms with van der Waals surface area (Å²) >= 11 is 0. The Morgan fingerprint density at radius 3 is 2.15 bits per heavy atom. The fourth-order valence-corrected chi connectivity index (χ4v) is 4.50. The van der Waals surface area contributed by atoms with Crippen LogP contribution < -0.4 is 9.08 Å². The average Bonchev–Trinajstić information content (AvgIpc) is 3.08. The van der Waals surface area contributed by atoms with Gasteiger partial charge in [-0.1, -0.05) is 17.7 Å². The van der Waals surface area contributed by atoms with Crippen molar-refractivity contribution in [2.45, 2.75) is 29.6 Å². The molecule has 3 rings (SSSR count). The largest absolute Gasteiger partial charge is 0.379 e. The molecular weight excluding hydrogens is 378 g/mol. The summed E-state index contributed by atoms with van der Waals surface area (Å²) in [5.74, 6) is -0.179. The summed E-state index contributed by atoms with van der Waals surface area (Å²) in [5.41, 5.74) is 1.23. The van der Waals surface area contributed by atoms with E-state index in [0.717, 1.165) is 24.5 Å². The van der Waals surface area contributed by atoms with Gasteiger partial charge in [-0.3, -0.25) is 4.55 Å². The minimum absolute atomic E-state index is 0.0416. The van der Waals surface area contributed by atoms with E-state index in [1.165, 1.54) is 24.3 Å². The fraction of sp³-hybridized carbons (Fsp3) is 0.294. The Kier molecular flexibility index (Phi) is 4.96. The maximum absolute atomic E-state index is 12.4. The highest BCUT2D eigenvalue weighted by Gasteiger charge is 2.24. The van der Waals surface area contributed by atoms with Gasteiger partial charge in [0.2, 0.25) is 0 Å². The highest BCUT2D eigenvalue weighted by Crippen LogP contribution is 2.32. The van der Waals surface area contributed by atoms with E-state index in [-0.39, 0.29) is 15.5 Å². The summed E-state index contributed by atoms with van der Waals surface area (Å²) in [5, 5.41) is 0. The molecule has 1 N–H and O–H groups in total. The second-order valence-electron chi connectivity index (χ2n) is 6.15. The molecule has 1 aliphatic heterocycles. The molecule has 0 radical (unpaired) electrons. The molecule has 1 heterocycles. The van der Waals surface area contributed by atoms with E-state index in [1.54, 1.807) is 12.1 Å². The van der Waals surface area contributed by atoms with Crippen LogP contribution in [0.4, 0.5) is 5.69 Å². The minimum Gasteiger partial charge on any atom is -0.379 e. The van der Waals surface area contributed by atoms with Crippen molar-refractivity contribution in [2.75, 3.05) is 18.0 Å². The average molecular weight is 397 g/mol. The lowest BCUT2D eigenvalue weighted by atomic mass is 10.2. The number of rotatable bonds is 5. The lowest BCUT2D eigenvalue weighted by molar-refractivity contribution is 0.475. The van der Waals surface area contributed by atoms with Crippen LogP contribution in [0.25, 0.3) is 0 Å². The van der Waals surface area contributed by atoms with Crippen molar-refractivity contribution in [2.24, 2.45) is 0 Å². The lowest BCUT2D eigenvalue weighted by Crippen LogP contribution is -2.20. The summed E-state index contributed by atoms with van der Waals surface area (Å²) < 4.78 is 62.9. The Morgan fingerprint density at radius 1 is 0.962 bits per heavy atom. The Bertz CT molecular complexity index is 1010. The van der Waals surface area contributed by atoms with Gasteiger partial charge in [-0.05, 0) is 44.0 Å². The predicted octanol–water partition coefficient (Wildman–Crippen LogP) is 2.61. The van der Waals surface area contributed by atoms with Gasteiger partial charge in [0.25, 0.3) is 10.1 Å². The molecule has 0 bridgehead atoms. The molecule has 0 spiro atoms. The van der Waals surface area contributed by atoms with Gasteiger partial charge in [-0.2, -0.15) is 16.8 Å². The first-order chi connectivity index (χ1) is 12.2. The zero-order chi connectivity index (χ0) is 18.9. The van der Waals surface area contributed by atoms with E-state index in [4.69, 9.17) is 4.18 Å². The molecule has 0 unspecified atom stereocenters. The summed E-state index contributed by atoms with van der Waals surface area (Å²) in [7, 11) is -8.65. The van der Waals surface area contributed by atoms with Crippen LogP contribution in [0.1, 0.15) is 18.4 Å². The summed E-state index contributed by atoms with van der Waals surface area (Å²) in [6.07, 6.45) is 1.84. The number of benzene rings is 2. The summed E-state index contributed by atoms with van der Waals surface area (Å²) in [6.45, 7) is 3.17. The van der Waals surface area contributed by atoms with Crippen LogP contribution in [0.5, 0.6) is 5.75 Å². The smallest absolute Gasteiger partial charge is 0.339 e. The van der Waals surface area contributed by atoms with Gasteiger partial charge >= 0.3 is 10.1 Å². The zero-order valence-corrected chi connectivity index (χ0v) is 15.8. The van der Waals surface area contributed by atoms with Crippen LogP contribution in [-0.4, -0.2) is 34.5 Å². The van der Waals surface area contributed by atoms with Crippen molar-refractivity contribution in [1.82, 2.24) is 0 Å². The molecule has 1 saturated heterocycles. The molecule has 0 atom stereocenters. The van der Waals surface area contributed by atoms with Crippen molar-refractivity contribution >= 4 is 25.9 Å². The standard InChI is InChI=1S/C17H19NO6S2/c1-13-4-7-15(8-5-13)26(22,23)24-14-6-9-16(18-10-2-3-11-18)17(12-14)25(19,20)21/h4-9,12H,2-3,10-11H2,1H3,(H,19,20,21). The second kappa shape index (κ2) is 6.90. The van der Waals surface area contributed by atoms with Crippen LogP contribution >= 0.6 is 0 Å². The molecule has 9 heteroatoms. The van der Waals surface area contributed by atoms with E-state index >= 15 is 0 Å². The van der Waals surface area contributed by atoms with Crippen LogP contribution in [0.2, 0.25) is 0 Å². The van der Waals surface area contributed by atoms with E-state index in [2.05, 4.69) is 0 Å². The molecule has 7 nitrogen and oxygen atoms in total. The Morgan fingerprint density at radius 2 is 1.58 bits per heavy atom. The van der Waals surface area contributed by atoms with Gasteiger partial charge in [-0.15, -0.1) is 0 Å². The number of anilines is 1. The van der Waals surface area contributed by atoms with E-state index < -0.39 is 20.2 Å². The number of aryl methyl sites for hydroxylation is 1. The Balaban J connectivity index is 1.97. The monoisotopic (exact) mass is 397 g/mol. The van der Waals surface area contributed by atoms with Crippen LogP contribution in [0.3, 0.4) is 0 Å². The summed E-state index contributed by atoms with van der Waals surface area (Å²) in [4.78, 5) is 1.43. The maximum atomic E-state index is 12.4. The van der Waals surface area contributed by atoms with Crippen molar-refractivity contribution in [3.8, 4) is 5.75 Å². The predicted molar refractivity (Wildman–Crippen MR) is 96.7 cm³/mol. The zero-order valence-electron chi connectivity index (χ0n) is 14.1. The van der Waals surface area contributed by atoms with Crippen LogP contribution in [0, 0.1) is 6.92 Å². The highest BCUT2D eigenvalue weighted by atomic mass is 32.2. The third kappa shape index (κ3) is 4.00. The van der Waals surface area contributed by atoms with E-state index in [9.17, 15) is 21.4 Å². The van der Waals surface area contributed by atoms with Crippen molar-refractivity contribution in [3.05, 3.63) is 48.0 Å². The topological polar surface area (TPSA) is 101 Å². The van der Waals surface area contributed by atoms with Gasteiger partial charge in [0, 0.05) is 19.2 Å². The molecule has 2 aromatic rings. The normalized spacial score (nSPS) is 15.2. The highest BCUT2D eigenvalue weighted by molar-refractivity contribution is 7.87. The first kappa shape index (κ1) is 18.7. The SMILES string of the molecule is Cc1ccc(S(=O)(=O)Oc2ccc(N3CCCC3)c(S(=O)(=O)O)c2)cc1. The third-order valence-electron chi connectivity index (χ3n) is 4.17.